The molecule has 0 aliphatic rings. The van der Waals surface area contributed by atoms with Crippen LogP contribution in [0.2, 0.25) is 5.28 Å². The third-order valence-corrected chi connectivity index (χ3v) is 3.33. The van der Waals surface area contributed by atoms with Crippen LogP contribution in [0.5, 0.6) is 0 Å². The maximum absolute atomic E-state index is 12.0. The van der Waals surface area contributed by atoms with Gasteiger partial charge in [-0.05, 0) is 17.2 Å². The van der Waals surface area contributed by atoms with Gasteiger partial charge in [0.15, 0.2) is 11.2 Å². The fourth-order valence-electron chi connectivity index (χ4n) is 2.12. The molecular weight excluding hydrogens is 306 g/mol. The highest BCUT2D eigenvalue weighted by Gasteiger charge is 2.15. The highest BCUT2D eigenvalue weighted by Crippen LogP contribution is 2.18. The smallest absolute Gasteiger partial charge is 0.280 e. The Kier molecular flexibility index (Phi) is 3.64. The van der Waals surface area contributed by atoms with E-state index >= 15 is 0 Å². The lowest BCUT2D eigenvalue weighted by Gasteiger charge is -2.06. The molecule has 2 N–H and O–H groups in total. The molecule has 2 aromatic heterocycles. The van der Waals surface area contributed by atoms with Crippen molar-refractivity contribution >= 4 is 34.6 Å². The number of carbonyl (C=O) groups excluding carboxylic acids is 1. The van der Waals surface area contributed by atoms with Crippen molar-refractivity contribution in [2.75, 3.05) is 5.32 Å². The predicted molar refractivity (Wildman–Crippen MR) is 83.0 cm³/mol. The monoisotopic (exact) mass is 317 g/mol. The number of aromatic amines is 1. The van der Waals surface area contributed by atoms with Crippen molar-refractivity contribution in [3.63, 3.8) is 0 Å². The first-order chi connectivity index (χ1) is 10.5. The largest absolute Gasteiger partial charge is 0.296 e. The third kappa shape index (κ3) is 2.71. The molecule has 3 rings (SSSR count). The maximum Gasteiger partial charge on any atom is 0.280 e. The van der Waals surface area contributed by atoms with Gasteiger partial charge < -0.3 is 0 Å². The van der Waals surface area contributed by atoms with Crippen LogP contribution >= 0.6 is 11.6 Å². The second-order valence-corrected chi connectivity index (χ2v) is 5.06. The molecule has 22 heavy (non-hydrogen) atoms. The number of nitrogens with one attached hydrogen (secondary N) is 2. The summed E-state index contributed by atoms with van der Waals surface area (Å²) in [6, 6.07) is 9.60. The number of halogens is 1. The van der Waals surface area contributed by atoms with E-state index in [9.17, 15) is 9.59 Å². The first-order valence-electron chi connectivity index (χ1n) is 6.52. The van der Waals surface area contributed by atoms with Crippen LogP contribution in [0.3, 0.4) is 0 Å². The van der Waals surface area contributed by atoms with Crippen molar-refractivity contribution in [3.05, 3.63) is 51.5 Å². The Morgan fingerprint density at radius 3 is 2.73 bits per heavy atom. The number of fused-ring (bicyclic) bond motifs is 1. The lowest BCUT2D eigenvalue weighted by atomic mass is 10.2. The van der Waals surface area contributed by atoms with Gasteiger partial charge in [0, 0.05) is 6.92 Å². The molecule has 0 unspecified atom stereocenters. The van der Waals surface area contributed by atoms with E-state index in [0.29, 0.717) is 12.2 Å². The molecule has 0 radical (unpaired) electrons. The highest BCUT2D eigenvalue weighted by molar-refractivity contribution is 6.29. The van der Waals surface area contributed by atoms with Crippen LogP contribution in [-0.4, -0.2) is 25.4 Å². The number of benzene rings is 1. The quantitative estimate of drug-likeness (QED) is 0.720. The summed E-state index contributed by atoms with van der Waals surface area (Å²) >= 11 is 6.12. The molecule has 0 fully saturated rings. The standard InChI is InChI=1S/C14H12ClN5O2/c1-8(21)16-14-18-11-10(12(22)19-14)17-13(15)20(11)7-9-5-3-2-4-6-9/h2-6H,7H2,1H3,(H2,16,18,19,21,22). The van der Waals surface area contributed by atoms with Gasteiger partial charge in [-0.15, -0.1) is 0 Å². The number of anilines is 1. The predicted octanol–water partition coefficient (Wildman–Crippen LogP) is 1.78. The molecule has 0 atom stereocenters. The Balaban J connectivity index is 2.13. The first kappa shape index (κ1) is 14.3. The number of nitrogens with zero attached hydrogens (tertiary/aromatic N) is 3. The van der Waals surface area contributed by atoms with Crippen molar-refractivity contribution in [2.45, 2.75) is 13.5 Å². The highest BCUT2D eigenvalue weighted by atomic mass is 35.5. The van der Waals surface area contributed by atoms with Crippen molar-refractivity contribution in [1.29, 1.82) is 0 Å². The van der Waals surface area contributed by atoms with E-state index in [2.05, 4.69) is 20.3 Å². The Labute approximate surface area is 130 Å². The van der Waals surface area contributed by atoms with Crippen LogP contribution in [0.15, 0.2) is 35.1 Å². The van der Waals surface area contributed by atoms with Gasteiger partial charge in [0.2, 0.25) is 17.1 Å². The zero-order valence-corrected chi connectivity index (χ0v) is 12.4. The zero-order chi connectivity index (χ0) is 15.7. The number of H-pyrrole nitrogens is 1. The second-order valence-electron chi connectivity index (χ2n) is 4.72. The van der Waals surface area contributed by atoms with Crippen molar-refractivity contribution in [2.24, 2.45) is 0 Å². The lowest BCUT2D eigenvalue weighted by molar-refractivity contribution is -0.114. The lowest BCUT2D eigenvalue weighted by Crippen LogP contribution is -2.16. The minimum absolute atomic E-state index is 0.0656. The fourth-order valence-corrected chi connectivity index (χ4v) is 2.34. The van der Waals surface area contributed by atoms with Crippen LogP contribution in [-0.2, 0) is 11.3 Å². The fraction of sp³-hybridized carbons (Fsp3) is 0.143. The average Bonchev–Trinajstić information content (AvgIpc) is 2.77. The first-order valence-corrected chi connectivity index (χ1v) is 6.90. The molecule has 0 aliphatic carbocycles. The van der Waals surface area contributed by atoms with Gasteiger partial charge in [0.25, 0.3) is 5.56 Å². The van der Waals surface area contributed by atoms with Crippen LogP contribution in [0.1, 0.15) is 12.5 Å². The number of carbonyl (C=O) groups is 1. The minimum Gasteiger partial charge on any atom is -0.296 e. The van der Waals surface area contributed by atoms with Gasteiger partial charge in [-0.1, -0.05) is 30.3 Å². The molecule has 3 aromatic rings. The van der Waals surface area contributed by atoms with E-state index in [1.165, 1.54) is 6.92 Å². The number of imidazole rings is 1. The summed E-state index contributed by atoms with van der Waals surface area (Å²) < 4.78 is 1.62. The van der Waals surface area contributed by atoms with Crippen LogP contribution in [0, 0.1) is 0 Å². The van der Waals surface area contributed by atoms with Crippen molar-refractivity contribution in [3.8, 4) is 0 Å². The number of rotatable bonds is 3. The molecule has 1 amide bonds. The topological polar surface area (TPSA) is 92.7 Å². The summed E-state index contributed by atoms with van der Waals surface area (Å²) in [6.45, 7) is 1.75. The molecule has 112 valence electrons. The van der Waals surface area contributed by atoms with E-state index in [0.717, 1.165) is 5.56 Å². The number of aromatic nitrogens is 4. The van der Waals surface area contributed by atoms with Gasteiger partial charge >= 0.3 is 0 Å². The van der Waals surface area contributed by atoms with Crippen molar-refractivity contribution < 1.29 is 4.79 Å². The van der Waals surface area contributed by atoms with E-state index in [1.807, 2.05) is 30.3 Å². The Hall–Kier alpha value is -2.67. The van der Waals surface area contributed by atoms with E-state index in [1.54, 1.807) is 4.57 Å². The van der Waals surface area contributed by atoms with Gasteiger partial charge in [0.05, 0.1) is 6.54 Å². The number of amides is 1. The second kappa shape index (κ2) is 5.61. The summed E-state index contributed by atoms with van der Waals surface area (Å²) in [5, 5.41) is 2.61. The maximum atomic E-state index is 12.0. The van der Waals surface area contributed by atoms with Gasteiger partial charge in [-0.2, -0.15) is 4.98 Å². The third-order valence-electron chi connectivity index (χ3n) is 3.04. The Morgan fingerprint density at radius 1 is 1.32 bits per heavy atom. The molecule has 0 spiro atoms. The Morgan fingerprint density at radius 2 is 2.05 bits per heavy atom. The zero-order valence-electron chi connectivity index (χ0n) is 11.6. The molecule has 1 aromatic carbocycles. The van der Waals surface area contributed by atoms with Gasteiger partial charge in [-0.25, -0.2) is 4.98 Å². The average molecular weight is 318 g/mol. The molecule has 0 saturated heterocycles. The summed E-state index contributed by atoms with van der Waals surface area (Å²) in [6.07, 6.45) is 0. The number of hydrogen-bond acceptors (Lipinski definition) is 4. The number of hydrogen-bond donors (Lipinski definition) is 2. The van der Waals surface area contributed by atoms with Gasteiger partial charge in [0.1, 0.15) is 0 Å². The Bertz CT molecular complexity index is 901. The molecule has 7 nitrogen and oxygen atoms in total. The normalized spacial score (nSPS) is 10.8. The van der Waals surface area contributed by atoms with E-state index < -0.39 is 5.56 Å². The molecule has 0 bridgehead atoms. The van der Waals surface area contributed by atoms with Crippen molar-refractivity contribution in [1.82, 2.24) is 19.5 Å². The van der Waals surface area contributed by atoms with Gasteiger partial charge in [-0.3, -0.25) is 24.5 Å². The summed E-state index contributed by atoms with van der Waals surface area (Å²) in [5.41, 5.74) is 0.991. The van der Waals surface area contributed by atoms with E-state index in [-0.39, 0.29) is 22.7 Å². The summed E-state index contributed by atoms with van der Waals surface area (Å²) in [5.74, 6) is -0.265. The van der Waals surface area contributed by atoms with Crippen LogP contribution in [0.25, 0.3) is 11.2 Å². The van der Waals surface area contributed by atoms with Crippen LogP contribution in [0.4, 0.5) is 5.95 Å². The SMILES string of the molecule is CC(=O)Nc1nc2c(nc(Cl)n2Cc2ccccc2)c(=O)[nH]1. The minimum atomic E-state index is -0.456. The molecule has 0 saturated carbocycles. The molecular formula is C14H12ClN5O2. The molecule has 8 heteroatoms. The van der Waals surface area contributed by atoms with E-state index in [4.69, 9.17) is 11.6 Å². The molecule has 2 heterocycles. The van der Waals surface area contributed by atoms with Crippen LogP contribution < -0.4 is 10.9 Å². The molecule has 0 aliphatic heterocycles. The summed E-state index contributed by atoms with van der Waals surface area (Å²) in [4.78, 5) is 33.9. The summed E-state index contributed by atoms with van der Waals surface area (Å²) in [7, 11) is 0.